The van der Waals surface area contributed by atoms with Crippen LogP contribution in [0.4, 0.5) is 0 Å². The van der Waals surface area contributed by atoms with Gasteiger partial charge in [0.15, 0.2) is 0 Å². The second-order valence-corrected chi connectivity index (χ2v) is 8.56. The molecule has 0 radical (unpaired) electrons. The zero-order valence-corrected chi connectivity index (χ0v) is 15.1. The molecule has 0 aliphatic carbocycles. The number of hydrogen-bond acceptors (Lipinski definition) is 4. The molecule has 1 N–H and O–H groups in total. The van der Waals surface area contributed by atoms with Gasteiger partial charge >= 0.3 is 0 Å². The van der Waals surface area contributed by atoms with E-state index in [-0.39, 0.29) is 0 Å². The number of nitrogens with one attached hydrogen (secondary N) is 1. The van der Waals surface area contributed by atoms with Crippen molar-refractivity contribution in [3.8, 4) is 0 Å². The first-order chi connectivity index (χ1) is 9.95. The summed E-state index contributed by atoms with van der Waals surface area (Å²) in [6, 6.07) is 9.33. The first kappa shape index (κ1) is 16.6. The number of thiophene rings is 1. The lowest BCUT2D eigenvalue weighted by molar-refractivity contribution is 0.466. The molecule has 0 bridgehead atoms. The molecule has 0 unspecified atom stereocenters. The Bertz CT molecular complexity index is 713. The summed E-state index contributed by atoms with van der Waals surface area (Å²) in [5.74, 6) is 0. The highest BCUT2D eigenvalue weighted by atomic mass is 79.9. The van der Waals surface area contributed by atoms with E-state index in [2.05, 4.69) is 21.2 Å². The van der Waals surface area contributed by atoms with E-state index in [0.717, 1.165) is 14.9 Å². The summed E-state index contributed by atoms with van der Waals surface area (Å²) in [5.41, 5.74) is 0.945. The van der Waals surface area contributed by atoms with Gasteiger partial charge in [-0.1, -0.05) is 28.1 Å². The average Bonchev–Trinajstić information content (AvgIpc) is 2.88. The van der Waals surface area contributed by atoms with Crippen molar-refractivity contribution in [3.05, 3.63) is 50.6 Å². The van der Waals surface area contributed by atoms with E-state index in [1.165, 1.54) is 15.6 Å². The summed E-state index contributed by atoms with van der Waals surface area (Å²) in [5, 5.41) is 4.81. The highest BCUT2D eigenvalue weighted by molar-refractivity contribution is 9.10. The van der Waals surface area contributed by atoms with E-state index in [9.17, 15) is 8.42 Å². The monoisotopic (exact) mass is 388 g/mol. The lowest BCUT2D eigenvalue weighted by atomic mass is 10.2. The molecular weight excluding hydrogens is 372 g/mol. The fourth-order valence-corrected chi connectivity index (χ4v) is 5.02. The van der Waals surface area contributed by atoms with E-state index in [1.54, 1.807) is 20.2 Å². The molecule has 0 aliphatic rings. The zero-order valence-electron chi connectivity index (χ0n) is 11.8. The van der Waals surface area contributed by atoms with Crippen LogP contribution >= 0.6 is 27.3 Å². The molecule has 4 nitrogen and oxygen atoms in total. The maximum Gasteiger partial charge on any atom is 0.244 e. The molecule has 2 rings (SSSR count). The highest BCUT2D eigenvalue weighted by Crippen LogP contribution is 2.25. The minimum atomic E-state index is -3.47. The van der Waals surface area contributed by atoms with Crippen molar-refractivity contribution in [1.29, 1.82) is 0 Å². The standard InChI is InChI=1S/C14H17BrN2O2S2/c1-16-9-13-14(6-7-20-13)21(18,19)17(2)10-11-4-3-5-12(15)8-11/h3-8,16H,9-10H2,1-2H3. The van der Waals surface area contributed by atoms with E-state index >= 15 is 0 Å². The molecule has 0 saturated heterocycles. The van der Waals surface area contributed by atoms with Gasteiger partial charge in [-0.3, -0.25) is 0 Å². The van der Waals surface area contributed by atoms with E-state index in [1.807, 2.05) is 29.6 Å². The molecule has 0 spiro atoms. The van der Waals surface area contributed by atoms with Crippen LogP contribution in [0.15, 0.2) is 45.1 Å². The third-order valence-electron chi connectivity index (χ3n) is 3.02. The number of rotatable bonds is 6. The van der Waals surface area contributed by atoms with Gasteiger partial charge in [-0.05, 0) is 36.2 Å². The summed E-state index contributed by atoms with van der Waals surface area (Å²) >= 11 is 4.85. The molecule has 0 aliphatic heterocycles. The van der Waals surface area contributed by atoms with E-state index < -0.39 is 10.0 Å². The average molecular weight is 389 g/mol. The Hall–Kier alpha value is -0.730. The molecular formula is C14H17BrN2O2S2. The minimum Gasteiger partial charge on any atom is -0.315 e. The van der Waals surface area contributed by atoms with Crippen LogP contribution in [0.5, 0.6) is 0 Å². The third-order valence-corrected chi connectivity index (χ3v) is 6.46. The van der Waals surface area contributed by atoms with Crippen molar-refractivity contribution in [2.75, 3.05) is 14.1 Å². The number of nitrogens with zero attached hydrogens (tertiary/aromatic N) is 1. The largest absolute Gasteiger partial charge is 0.315 e. The summed E-state index contributed by atoms with van der Waals surface area (Å²) in [7, 11) is -0.0560. The lowest BCUT2D eigenvalue weighted by Gasteiger charge is -2.17. The zero-order chi connectivity index (χ0) is 15.5. The van der Waals surface area contributed by atoms with Gasteiger partial charge in [-0.15, -0.1) is 11.3 Å². The predicted octanol–water partition coefficient (Wildman–Crippen LogP) is 3.05. The SMILES string of the molecule is CNCc1sccc1S(=O)(=O)N(C)Cc1cccc(Br)c1. The summed E-state index contributed by atoms with van der Waals surface area (Å²) in [6.45, 7) is 0.896. The molecule has 0 amide bonds. The van der Waals surface area contributed by atoms with Crippen molar-refractivity contribution in [2.45, 2.75) is 18.0 Å². The van der Waals surface area contributed by atoms with Crippen molar-refractivity contribution in [3.63, 3.8) is 0 Å². The van der Waals surface area contributed by atoms with Crippen molar-refractivity contribution in [1.82, 2.24) is 9.62 Å². The van der Waals surface area contributed by atoms with Gasteiger partial charge in [-0.25, -0.2) is 8.42 Å². The molecule has 7 heteroatoms. The molecule has 1 aromatic carbocycles. The molecule has 0 atom stereocenters. The maximum atomic E-state index is 12.7. The summed E-state index contributed by atoms with van der Waals surface area (Å²) < 4.78 is 27.7. The van der Waals surface area contributed by atoms with Gasteiger partial charge < -0.3 is 5.32 Å². The van der Waals surface area contributed by atoms with Crippen LogP contribution < -0.4 is 5.32 Å². The number of halogens is 1. The number of sulfonamides is 1. The Balaban J connectivity index is 2.24. The minimum absolute atomic E-state index is 0.344. The molecule has 1 aromatic heterocycles. The van der Waals surface area contributed by atoms with Gasteiger partial charge in [-0.2, -0.15) is 4.31 Å². The number of hydrogen-bond donors (Lipinski definition) is 1. The molecule has 114 valence electrons. The third kappa shape index (κ3) is 3.92. The second kappa shape index (κ2) is 7.02. The van der Waals surface area contributed by atoms with Crippen LogP contribution in [-0.2, 0) is 23.1 Å². The highest BCUT2D eigenvalue weighted by Gasteiger charge is 2.24. The molecule has 21 heavy (non-hydrogen) atoms. The summed E-state index contributed by atoms with van der Waals surface area (Å²) in [4.78, 5) is 1.22. The van der Waals surface area contributed by atoms with Crippen LogP contribution in [0.1, 0.15) is 10.4 Å². The van der Waals surface area contributed by atoms with Gasteiger partial charge in [0.05, 0.1) is 4.90 Å². The van der Waals surface area contributed by atoms with Crippen LogP contribution in [0.25, 0.3) is 0 Å². The fourth-order valence-electron chi connectivity index (χ4n) is 1.99. The molecule has 2 aromatic rings. The Morgan fingerprint density at radius 2 is 2.10 bits per heavy atom. The van der Waals surface area contributed by atoms with E-state index in [0.29, 0.717) is 18.0 Å². The van der Waals surface area contributed by atoms with Crippen molar-refractivity contribution in [2.24, 2.45) is 0 Å². The van der Waals surface area contributed by atoms with E-state index in [4.69, 9.17) is 0 Å². The van der Waals surface area contributed by atoms with Crippen molar-refractivity contribution < 1.29 is 8.42 Å². The Morgan fingerprint density at radius 1 is 1.33 bits per heavy atom. The van der Waals surface area contributed by atoms with Crippen LogP contribution in [-0.4, -0.2) is 26.8 Å². The topological polar surface area (TPSA) is 49.4 Å². The summed E-state index contributed by atoms with van der Waals surface area (Å²) in [6.07, 6.45) is 0. The van der Waals surface area contributed by atoms with Crippen LogP contribution in [0.3, 0.4) is 0 Å². The second-order valence-electron chi connectivity index (χ2n) is 4.63. The van der Waals surface area contributed by atoms with Crippen LogP contribution in [0.2, 0.25) is 0 Å². The van der Waals surface area contributed by atoms with Crippen LogP contribution in [0, 0.1) is 0 Å². The van der Waals surface area contributed by atoms with Gasteiger partial charge in [0.2, 0.25) is 10.0 Å². The predicted molar refractivity (Wildman–Crippen MR) is 89.9 cm³/mol. The Kier molecular flexibility index (Phi) is 5.56. The fraction of sp³-hybridized carbons (Fsp3) is 0.286. The Morgan fingerprint density at radius 3 is 2.76 bits per heavy atom. The first-order valence-corrected chi connectivity index (χ1v) is 9.48. The normalized spacial score (nSPS) is 12.0. The smallest absolute Gasteiger partial charge is 0.244 e. The number of benzene rings is 1. The Labute approximate surface area is 138 Å². The quantitative estimate of drug-likeness (QED) is 0.826. The lowest BCUT2D eigenvalue weighted by Crippen LogP contribution is -2.27. The van der Waals surface area contributed by atoms with Gasteiger partial charge in [0.1, 0.15) is 0 Å². The molecule has 0 fully saturated rings. The van der Waals surface area contributed by atoms with Crippen molar-refractivity contribution >= 4 is 37.3 Å². The first-order valence-electron chi connectivity index (χ1n) is 6.37. The maximum absolute atomic E-state index is 12.7. The van der Waals surface area contributed by atoms with Gasteiger partial charge in [0, 0.05) is 29.5 Å². The molecule has 1 heterocycles. The molecule has 0 saturated carbocycles. The van der Waals surface area contributed by atoms with Gasteiger partial charge in [0.25, 0.3) is 0 Å².